The van der Waals surface area contributed by atoms with Gasteiger partial charge in [0.2, 0.25) is 5.91 Å². The smallest absolute Gasteiger partial charge is 0.228 e. The van der Waals surface area contributed by atoms with E-state index in [0.717, 1.165) is 18.7 Å². The molecule has 0 aromatic heterocycles. The van der Waals surface area contributed by atoms with Crippen LogP contribution in [0.15, 0.2) is 18.2 Å². The van der Waals surface area contributed by atoms with Crippen LogP contribution in [0.2, 0.25) is 0 Å². The first-order valence-electron chi connectivity index (χ1n) is 6.47. The van der Waals surface area contributed by atoms with Crippen molar-refractivity contribution in [2.75, 3.05) is 11.9 Å². The number of nitrogens with one attached hydrogen (secondary N) is 2. The summed E-state index contributed by atoms with van der Waals surface area (Å²) in [5.74, 6) is 0.129. The van der Waals surface area contributed by atoms with E-state index in [9.17, 15) is 4.79 Å². The van der Waals surface area contributed by atoms with Crippen molar-refractivity contribution in [3.63, 3.8) is 0 Å². The molecule has 2 aliphatic rings. The van der Waals surface area contributed by atoms with Crippen LogP contribution in [0, 0.1) is 0 Å². The van der Waals surface area contributed by atoms with Crippen LogP contribution in [-0.4, -0.2) is 18.5 Å². The minimum atomic E-state index is 0.129. The highest BCUT2D eigenvalue weighted by atomic mass is 16.1. The van der Waals surface area contributed by atoms with E-state index >= 15 is 0 Å². The van der Waals surface area contributed by atoms with E-state index in [4.69, 9.17) is 0 Å². The third-order valence-electron chi connectivity index (χ3n) is 3.76. The van der Waals surface area contributed by atoms with Gasteiger partial charge in [0.15, 0.2) is 0 Å². The largest absolute Gasteiger partial charge is 0.326 e. The molecule has 17 heavy (non-hydrogen) atoms. The quantitative estimate of drug-likeness (QED) is 0.814. The average Bonchev–Trinajstić information content (AvgIpc) is 2.72. The van der Waals surface area contributed by atoms with Crippen molar-refractivity contribution < 1.29 is 4.79 Å². The Morgan fingerprint density at radius 1 is 1.29 bits per heavy atom. The number of hydrogen-bond acceptors (Lipinski definition) is 2. The van der Waals surface area contributed by atoms with E-state index in [-0.39, 0.29) is 5.91 Å². The van der Waals surface area contributed by atoms with Crippen molar-refractivity contribution in [1.82, 2.24) is 5.32 Å². The van der Waals surface area contributed by atoms with Crippen molar-refractivity contribution in [2.45, 2.75) is 38.1 Å². The van der Waals surface area contributed by atoms with E-state index in [2.05, 4.69) is 16.7 Å². The van der Waals surface area contributed by atoms with Gasteiger partial charge < -0.3 is 10.6 Å². The fourth-order valence-corrected chi connectivity index (χ4v) is 2.87. The van der Waals surface area contributed by atoms with Gasteiger partial charge in [0.25, 0.3) is 0 Å². The van der Waals surface area contributed by atoms with Gasteiger partial charge in [-0.05, 0) is 43.0 Å². The molecular weight excluding hydrogens is 212 g/mol. The molecule has 1 atom stereocenters. The lowest BCUT2D eigenvalue weighted by Crippen LogP contribution is -2.35. The lowest BCUT2D eigenvalue weighted by atomic mass is 9.94. The summed E-state index contributed by atoms with van der Waals surface area (Å²) in [5.41, 5.74) is 3.56. The number of anilines is 1. The molecule has 1 aromatic carbocycles. The predicted octanol–water partition coefficient (Wildman–Crippen LogP) is 1.87. The maximum atomic E-state index is 11.4. The van der Waals surface area contributed by atoms with Gasteiger partial charge in [0.1, 0.15) is 0 Å². The summed E-state index contributed by atoms with van der Waals surface area (Å²) in [6, 6.07) is 6.79. The summed E-state index contributed by atoms with van der Waals surface area (Å²) < 4.78 is 0. The predicted molar refractivity (Wildman–Crippen MR) is 68.1 cm³/mol. The van der Waals surface area contributed by atoms with E-state index in [1.54, 1.807) is 0 Å². The number of hydrogen-bond donors (Lipinski definition) is 2. The number of fused-ring (bicyclic) bond motifs is 1. The zero-order chi connectivity index (χ0) is 11.7. The van der Waals surface area contributed by atoms with E-state index in [0.29, 0.717) is 12.5 Å². The second kappa shape index (κ2) is 4.49. The van der Waals surface area contributed by atoms with Gasteiger partial charge in [-0.2, -0.15) is 0 Å². The van der Waals surface area contributed by atoms with Crippen LogP contribution in [0.3, 0.4) is 0 Å². The van der Waals surface area contributed by atoms with Gasteiger partial charge >= 0.3 is 0 Å². The van der Waals surface area contributed by atoms with Crippen LogP contribution in [0.25, 0.3) is 0 Å². The average molecular weight is 230 g/mol. The molecule has 90 valence electrons. The van der Waals surface area contributed by atoms with E-state index in [1.165, 1.54) is 30.4 Å². The Hall–Kier alpha value is -1.35. The van der Waals surface area contributed by atoms with Gasteiger partial charge in [-0.3, -0.25) is 4.79 Å². The highest BCUT2D eigenvalue weighted by Gasteiger charge is 2.22. The summed E-state index contributed by atoms with van der Waals surface area (Å²) in [4.78, 5) is 11.4. The fraction of sp³-hybridized carbons (Fsp3) is 0.500. The third kappa shape index (κ3) is 2.20. The highest BCUT2D eigenvalue weighted by Crippen LogP contribution is 2.27. The second-order valence-electron chi connectivity index (χ2n) is 5.02. The summed E-state index contributed by atoms with van der Waals surface area (Å²) in [7, 11) is 0. The number of amides is 1. The molecule has 0 aliphatic carbocycles. The highest BCUT2D eigenvalue weighted by molar-refractivity contribution is 5.99. The molecule has 1 fully saturated rings. The Kier molecular flexibility index (Phi) is 2.85. The molecule has 3 rings (SSSR count). The van der Waals surface area contributed by atoms with E-state index in [1.807, 2.05) is 12.1 Å². The maximum absolute atomic E-state index is 11.4. The molecular formula is C14H18N2O. The summed E-state index contributed by atoms with van der Waals surface area (Å²) in [5, 5.41) is 6.48. The van der Waals surface area contributed by atoms with E-state index < -0.39 is 0 Å². The third-order valence-corrected chi connectivity index (χ3v) is 3.76. The molecule has 0 radical (unpaired) electrons. The number of piperidine rings is 1. The van der Waals surface area contributed by atoms with Crippen molar-refractivity contribution >= 4 is 11.6 Å². The first-order valence-corrected chi connectivity index (χ1v) is 6.47. The van der Waals surface area contributed by atoms with Crippen LogP contribution in [0.1, 0.15) is 30.4 Å². The molecule has 1 amide bonds. The Morgan fingerprint density at radius 2 is 2.24 bits per heavy atom. The molecule has 1 aromatic rings. The van der Waals surface area contributed by atoms with Gasteiger partial charge in [-0.25, -0.2) is 0 Å². The van der Waals surface area contributed by atoms with Gasteiger partial charge in [0, 0.05) is 11.7 Å². The Morgan fingerprint density at radius 3 is 3.06 bits per heavy atom. The van der Waals surface area contributed by atoms with Crippen LogP contribution in [0.5, 0.6) is 0 Å². The number of carbonyl (C=O) groups is 1. The van der Waals surface area contributed by atoms with Gasteiger partial charge in [-0.1, -0.05) is 18.6 Å². The van der Waals surface area contributed by atoms with Crippen LogP contribution < -0.4 is 10.6 Å². The van der Waals surface area contributed by atoms with Crippen LogP contribution >= 0.6 is 0 Å². The number of rotatable bonds is 2. The van der Waals surface area contributed by atoms with Crippen LogP contribution in [-0.2, 0) is 17.6 Å². The van der Waals surface area contributed by atoms with Gasteiger partial charge in [-0.15, -0.1) is 0 Å². The molecule has 0 spiro atoms. The standard InChI is InChI=1S/C14H18N2O/c17-14-9-12-10(4-3-6-13(12)16-14)8-11-5-1-2-7-15-11/h3-4,6,11,15H,1-2,5,7-9H2,(H,16,17). The lowest BCUT2D eigenvalue weighted by Gasteiger charge is -2.24. The molecule has 0 bridgehead atoms. The normalized spacial score (nSPS) is 23.3. The van der Waals surface area contributed by atoms with Crippen molar-refractivity contribution in [1.29, 1.82) is 0 Å². The van der Waals surface area contributed by atoms with Crippen molar-refractivity contribution in [3.8, 4) is 0 Å². The zero-order valence-corrected chi connectivity index (χ0v) is 9.96. The monoisotopic (exact) mass is 230 g/mol. The van der Waals surface area contributed by atoms with Crippen molar-refractivity contribution in [3.05, 3.63) is 29.3 Å². The summed E-state index contributed by atoms with van der Waals surface area (Å²) in [6.07, 6.45) is 5.48. The molecule has 2 N–H and O–H groups in total. The fourth-order valence-electron chi connectivity index (χ4n) is 2.87. The SMILES string of the molecule is O=C1Cc2c(CC3CCCCN3)cccc2N1. The molecule has 0 saturated carbocycles. The topological polar surface area (TPSA) is 41.1 Å². The van der Waals surface area contributed by atoms with Gasteiger partial charge in [0.05, 0.1) is 6.42 Å². The lowest BCUT2D eigenvalue weighted by molar-refractivity contribution is -0.115. The Bertz CT molecular complexity index is 436. The maximum Gasteiger partial charge on any atom is 0.228 e. The first-order chi connectivity index (χ1) is 8.33. The Balaban J connectivity index is 1.79. The second-order valence-corrected chi connectivity index (χ2v) is 5.02. The van der Waals surface area contributed by atoms with Crippen molar-refractivity contribution in [2.24, 2.45) is 0 Å². The molecule has 2 heterocycles. The number of carbonyl (C=O) groups excluding carboxylic acids is 1. The number of benzene rings is 1. The summed E-state index contributed by atoms with van der Waals surface area (Å²) >= 11 is 0. The minimum absolute atomic E-state index is 0.129. The molecule has 1 unspecified atom stereocenters. The first kappa shape index (κ1) is 10.8. The summed E-state index contributed by atoms with van der Waals surface area (Å²) in [6.45, 7) is 1.14. The molecule has 2 aliphatic heterocycles. The Labute approximate surface area is 102 Å². The molecule has 3 nitrogen and oxygen atoms in total. The zero-order valence-electron chi connectivity index (χ0n) is 9.96. The molecule has 1 saturated heterocycles. The minimum Gasteiger partial charge on any atom is -0.326 e. The van der Waals surface area contributed by atoms with Crippen LogP contribution in [0.4, 0.5) is 5.69 Å². The molecule has 3 heteroatoms.